The first-order valence-corrected chi connectivity index (χ1v) is 3.95. The van der Waals surface area contributed by atoms with Crippen LogP contribution in [-0.4, -0.2) is 4.92 Å². The second-order valence-corrected chi connectivity index (χ2v) is 3.09. The normalized spacial score (nSPS) is 11.5. The number of aromatic nitrogens is 1. The molecule has 0 aliphatic carbocycles. The van der Waals surface area contributed by atoms with E-state index in [9.17, 15) is 23.3 Å². The fourth-order valence-electron chi connectivity index (χ4n) is 1.25. The molecule has 1 rings (SSSR count). The van der Waals surface area contributed by atoms with Gasteiger partial charge in [-0.15, -0.1) is 0 Å². The maximum atomic E-state index is 12.4. The van der Waals surface area contributed by atoms with Gasteiger partial charge in [0.25, 0.3) is 11.4 Å². The van der Waals surface area contributed by atoms with Crippen LogP contribution in [0.25, 0.3) is 0 Å². The molecule has 4 nitrogen and oxygen atoms in total. The number of rotatable bonds is 1. The fourth-order valence-corrected chi connectivity index (χ4v) is 1.25. The van der Waals surface area contributed by atoms with Crippen molar-refractivity contribution in [3.63, 3.8) is 0 Å². The third-order valence-electron chi connectivity index (χ3n) is 1.93. The molecule has 0 bridgehead atoms. The summed E-state index contributed by atoms with van der Waals surface area (Å²) in [7, 11) is 1.19. The molecule has 1 aromatic rings. The van der Waals surface area contributed by atoms with E-state index in [4.69, 9.17) is 0 Å². The molecular formula is C8H8F3N2O2+. The van der Waals surface area contributed by atoms with Crippen molar-refractivity contribution in [3.05, 3.63) is 33.6 Å². The lowest BCUT2D eigenvalue weighted by molar-refractivity contribution is -0.692. The van der Waals surface area contributed by atoms with Crippen LogP contribution in [0.4, 0.5) is 18.9 Å². The van der Waals surface area contributed by atoms with Gasteiger partial charge < -0.3 is 0 Å². The zero-order valence-electron chi connectivity index (χ0n) is 8.00. The van der Waals surface area contributed by atoms with Crippen LogP contribution in [0.5, 0.6) is 0 Å². The smallest absolute Gasteiger partial charge is 0.258 e. The van der Waals surface area contributed by atoms with Crippen molar-refractivity contribution in [3.8, 4) is 0 Å². The molecule has 0 unspecified atom stereocenters. The van der Waals surface area contributed by atoms with Gasteiger partial charge in [0.1, 0.15) is 7.05 Å². The molecule has 82 valence electrons. The van der Waals surface area contributed by atoms with Gasteiger partial charge in [0.2, 0.25) is 0 Å². The highest BCUT2D eigenvalue weighted by molar-refractivity contribution is 5.37. The van der Waals surface area contributed by atoms with Gasteiger partial charge in [-0.1, -0.05) is 0 Å². The molecule has 7 heteroatoms. The van der Waals surface area contributed by atoms with Gasteiger partial charge in [0.15, 0.2) is 6.20 Å². The standard InChI is InChI=1S/C8H8F3N2O2/c1-5-4-12(2)7(8(9,10)11)3-6(5)13(14)15/h3-4H,1-2H3/q+1. The first kappa shape index (κ1) is 11.4. The molecule has 0 aliphatic heterocycles. The predicted octanol–water partition coefficient (Wildman–Crippen LogP) is 1.75. The summed E-state index contributed by atoms with van der Waals surface area (Å²) in [6.45, 7) is 1.39. The van der Waals surface area contributed by atoms with Crippen molar-refractivity contribution >= 4 is 5.69 Å². The SMILES string of the molecule is Cc1c[n+](C)c(C(F)(F)F)cc1[N+](=O)[O-]. The Hall–Kier alpha value is -1.66. The van der Waals surface area contributed by atoms with Crippen molar-refractivity contribution in [1.29, 1.82) is 0 Å². The second kappa shape index (κ2) is 3.48. The van der Waals surface area contributed by atoms with Crippen LogP contribution >= 0.6 is 0 Å². The molecule has 0 spiro atoms. The molecule has 15 heavy (non-hydrogen) atoms. The molecule has 0 amide bonds. The van der Waals surface area contributed by atoms with Crippen LogP contribution in [0.2, 0.25) is 0 Å². The predicted molar refractivity (Wildman–Crippen MR) is 44.0 cm³/mol. The van der Waals surface area contributed by atoms with Gasteiger partial charge in [-0.2, -0.15) is 17.7 Å². The Balaban J connectivity index is 3.43. The van der Waals surface area contributed by atoms with E-state index >= 15 is 0 Å². The summed E-state index contributed by atoms with van der Waals surface area (Å²) >= 11 is 0. The molecule has 1 heterocycles. The van der Waals surface area contributed by atoms with Crippen LogP contribution in [0.15, 0.2) is 12.3 Å². The van der Waals surface area contributed by atoms with Crippen LogP contribution in [-0.2, 0) is 13.2 Å². The Kier molecular flexibility index (Phi) is 2.65. The van der Waals surface area contributed by atoms with Crippen molar-refractivity contribution in [1.82, 2.24) is 0 Å². The van der Waals surface area contributed by atoms with E-state index in [1.165, 1.54) is 14.0 Å². The first-order valence-electron chi connectivity index (χ1n) is 3.95. The first-order chi connectivity index (χ1) is 6.73. The van der Waals surface area contributed by atoms with Crippen LogP contribution in [0.3, 0.4) is 0 Å². The van der Waals surface area contributed by atoms with Gasteiger partial charge in [-0.25, -0.2) is 0 Å². The Morgan fingerprint density at radius 1 is 1.47 bits per heavy atom. The molecule has 0 aromatic carbocycles. The average molecular weight is 221 g/mol. The van der Waals surface area contributed by atoms with E-state index in [-0.39, 0.29) is 5.56 Å². The van der Waals surface area contributed by atoms with E-state index < -0.39 is 22.5 Å². The largest absolute Gasteiger partial charge is 0.477 e. The minimum absolute atomic E-state index is 0.190. The molecule has 0 saturated heterocycles. The van der Waals surface area contributed by atoms with E-state index in [1.54, 1.807) is 0 Å². The van der Waals surface area contributed by atoms with Crippen LogP contribution in [0.1, 0.15) is 11.3 Å². The van der Waals surface area contributed by atoms with Crippen LogP contribution < -0.4 is 4.57 Å². The number of nitro groups is 1. The third kappa shape index (κ3) is 2.23. The van der Waals surface area contributed by atoms with Gasteiger partial charge in [-0.05, 0) is 6.92 Å². The molecule has 0 atom stereocenters. The molecule has 0 saturated carbocycles. The monoisotopic (exact) mass is 221 g/mol. The lowest BCUT2D eigenvalue weighted by Gasteiger charge is -2.04. The Morgan fingerprint density at radius 2 is 2.00 bits per heavy atom. The number of aryl methyl sites for hydroxylation is 2. The minimum atomic E-state index is -4.59. The molecule has 1 aromatic heterocycles. The van der Waals surface area contributed by atoms with Gasteiger partial charge in [0, 0.05) is 0 Å². The van der Waals surface area contributed by atoms with Gasteiger partial charge >= 0.3 is 6.18 Å². The zero-order chi connectivity index (χ0) is 11.8. The number of pyridine rings is 1. The maximum absolute atomic E-state index is 12.4. The van der Waals surface area contributed by atoms with Gasteiger partial charge in [0.05, 0.1) is 16.6 Å². The summed E-state index contributed by atoms with van der Waals surface area (Å²) in [5.74, 6) is 0. The van der Waals surface area contributed by atoms with E-state index in [1.807, 2.05) is 0 Å². The highest BCUT2D eigenvalue weighted by atomic mass is 19.4. The summed E-state index contributed by atoms with van der Waals surface area (Å²) in [6.07, 6.45) is -3.51. The summed E-state index contributed by atoms with van der Waals surface area (Å²) in [6, 6.07) is 0.537. The molecule has 0 N–H and O–H groups in total. The van der Waals surface area contributed by atoms with Crippen molar-refractivity contribution in [2.75, 3.05) is 0 Å². The molecular weight excluding hydrogens is 213 g/mol. The van der Waals surface area contributed by atoms with E-state index in [2.05, 4.69) is 0 Å². The van der Waals surface area contributed by atoms with Crippen molar-refractivity contribution in [2.24, 2.45) is 7.05 Å². The van der Waals surface area contributed by atoms with E-state index in [0.717, 1.165) is 10.8 Å². The van der Waals surface area contributed by atoms with E-state index in [0.29, 0.717) is 6.07 Å². The van der Waals surface area contributed by atoms with Crippen molar-refractivity contribution in [2.45, 2.75) is 13.1 Å². The zero-order valence-corrected chi connectivity index (χ0v) is 8.00. The Morgan fingerprint density at radius 3 is 2.40 bits per heavy atom. The number of nitrogens with zero attached hydrogens (tertiary/aromatic N) is 2. The lowest BCUT2D eigenvalue weighted by Crippen LogP contribution is -2.38. The van der Waals surface area contributed by atoms with Gasteiger partial charge in [-0.3, -0.25) is 10.1 Å². The van der Waals surface area contributed by atoms with Crippen LogP contribution in [0, 0.1) is 17.0 Å². The average Bonchev–Trinajstić information content (AvgIpc) is 2.00. The summed E-state index contributed by atoms with van der Waals surface area (Å²) in [5, 5.41) is 10.4. The summed E-state index contributed by atoms with van der Waals surface area (Å²) < 4.78 is 38.0. The number of hydrogen-bond acceptors (Lipinski definition) is 2. The highest BCUT2D eigenvalue weighted by Gasteiger charge is 2.42. The second-order valence-electron chi connectivity index (χ2n) is 3.09. The molecule has 0 radical (unpaired) electrons. The molecule has 0 aliphatic rings. The number of halogens is 3. The van der Waals surface area contributed by atoms with Crippen molar-refractivity contribution < 1.29 is 22.7 Å². The maximum Gasteiger partial charge on any atom is 0.477 e. The number of hydrogen-bond donors (Lipinski definition) is 0. The lowest BCUT2D eigenvalue weighted by atomic mass is 10.2. The summed E-state index contributed by atoms with van der Waals surface area (Å²) in [5.41, 5.74) is -1.38. The Labute approximate surface area is 83.1 Å². The quantitative estimate of drug-likeness (QED) is 0.412. The fraction of sp³-hybridized carbons (Fsp3) is 0.375. The summed E-state index contributed by atoms with van der Waals surface area (Å²) in [4.78, 5) is 9.61. The Bertz CT molecular complexity index is 415. The molecule has 0 fully saturated rings. The number of alkyl halides is 3. The topological polar surface area (TPSA) is 47.0 Å². The minimum Gasteiger partial charge on any atom is -0.258 e. The highest BCUT2D eigenvalue weighted by Crippen LogP contribution is 2.29. The third-order valence-corrected chi connectivity index (χ3v) is 1.93.